The van der Waals surface area contributed by atoms with E-state index < -0.39 is 31.9 Å². The van der Waals surface area contributed by atoms with Crippen molar-refractivity contribution in [2.45, 2.75) is 18.4 Å². The van der Waals surface area contributed by atoms with Crippen molar-refractivity contribution in [3.63, 3.8) is 0 Å². The number of methoxy groups -OCH3 is 1. The molecular formula is C18H20N2O6S2. The Labute approximate surface area is 164 Å². The molecule has 1 aliphatic rings. The Morgan fingerprint density at radius 1 is 1.18 bits per heavy atom. The summed E-state index contributed by atoms with van der Waals surface area (Å²) < 4.78 is 58.5. The maximum atomic E-state index is 12.8. The van der Waals surface area contributed by atoms with E-state index in [0.29, 0.717) is 4.31 Å². The van der Waals surface area contributed by atoms with Crippen LogP contribution in [0.25, 0.3) is 0 Å². The van der Waals surface area contributed by atoms with Crippen LogP contribution in [0.15, 0.2) is 53.4 Å². The molecule has 150 valence electrons. The highest BCUT2D eigenvalue weighted by atomic mass is 32.2. The largest absolute Gasteiger partial charge is 0.495 e. The minimum atomic E-state index is -4.03. The molecule has 0 saturated carbocycles. The van der Waals surface area contributed by atoms with Gasteiger partial charge < -0.3 is 4.74 Å². The zero-order valence-electron chi connectivity index (χ0n) is 15.3. The van der Waals surface area contributed by atoms with Crippen molar-refractivity contribution in [3.8, 4) is 5.75 Å². The van der Waals surface area contributed by atoms with Gasteiger partial charge in [0.15, 0.2) is 0 Å². The SMILES string of the molecule is COc1ccc(N2C(=O)[C@H](C)CS2(=O)=O)cc1S(=O)(=O)NCc1ccccc1. The van der Waals surface area contributed by atoms with E-state index in [2.05, 4.69) is 4.72 Å². The van der Waals surface area contributed by atoms with Crippen LogP contribution in [-0.2, 0) is 31.4 Å². The van der Waals surface area contributed by atoms with Crippen LogP contribution in [0.4, 0.5) is 5.69 Å². The van der Waals surface area contributed by atoms with Crippen LogP contribution in [0.3, 0.4) is 0 Å². The predicted molar refractivity (Wildman–Crippen MR) is 104 cm³/mol. The second-order valence-corrected chi connectivity index (χ2v) is 10.0. The lowest BCUT2D eigenvalue weighted by atomic mass is 10.2. The summed E-state index contributed by atoms with van der Waals surface area (Å²) >= 11 is 0. The standard InChI is InChI=1S/C18H20N2O6S2/c1-13-12-27(22,23)20(18(13)21)15-8-9-16(26-2)17(10-15)28(24,25)19-11-14-6-4-3-5-7-14/h3-10,13,19H,11-12H2,1-2H3/t13-/m1/s1. The highest BCUT2D eigenvalue weighted by molar-refractivity contribution is 7.94. The number of benzene rings is 2. The van der Waals surface area contributed by atoms with Gasteiger partial charge in [-0.15, -0.1) is 0 Å². The lowest BCUT2D eigenvalue weighted by molar-refractivity contribution is -0.119. The molecule has 1 fully saturated rings. The Hall–Kier alpha value is -2.43. The van der Waals surface area contributed by atoms with Crippen LogP contribution < -0.4 is 13.8 Å². The van der Waals surface area contributed by atoms with Crippen LogP contribution in [0.5, 0.6) is 5.75 Å². The molecule has 1 N–H and O–H groups in total. The molecule has 0 bridgehead atoms. The van der Waals surface area contributed by atoms with Gasteiger partial charge in [-0.25, -0.2) is 25.9 Å². The van der Waals surface area contributed by atoms with Gasteiger partial charge >= 0.3 is 0 Å². The van der Waals surface area contributed by atoms with Crippen LogP contribution >= 0.6 is 0 Å². The van der Waals surface area contributed by atoms with E-state index >= 15 is 0 Å². The molecule has 1 heterocycles. The van der Waals surface area contributed by atoms with Gasteiger partial charge in [0.2, 0.25) is 26.0 Å². The molecule has 2 aromatic carbocycles. The van der Waals surface area contributed by atoms with Crippen molar-refractivity contribution < 1.29 is 26.4 Å². The third-order valence-electron chi connectivity index (χ3n) is 4.34. The molecule has 0 radical (unpaired) electrons. The first kappa shape index (κ1) is 20.3. The predicted octanol–water partition coefficient (Wildman–Crippen LogP) is 1.49. The Balaban J connectivity index is 1.98. The minimum Gasteiger partial charge on any atom is -0.495 e. The molecule has 0 aromatic heterocycles. The number of ether oxygens (including phenoxy) is 1. The maximum Gasteiger partial charge on any atom is 0.244 e. The van der Waals surface area contributed by atoms with E-state index in [0.717, 1.165) is 11.6 Å². The third kappa shape index (κ3) is 3.89. The summed E-state index contributed by atoms with van der Waals surface area (Å²) in [7, 11) is -6.57. The van der Waals surface area contributed by atoms with Gasteiger partial charge in [0, 0.05) is 6.54 Å². The zero-order chi connectivity index (χ0) is 20.5. The highest BCUT2D eigenvalue weighted by Crippen LogP contribution is 2.33. The smallest absolute Gasteiger partial charge is 0.244 e. The summed E-state index contributed by atoms with van der Waals surface area (Å²) in [6, 6.07) is 12.8. The van der Waals surface area contributed by atoms with Crippen molar-refractivity contribution in [3.05, 3.63) is 54.1 Å². The van der Waals surface area contributed by atoms with E-state index in [1.54, 1.807) is 24.3 Å². The van der Waals surface area contributed by atoms with Gasteiger partial charge in [-0.1, -0.05) is 37.3 Å². The lowest BCUT2D eigenvalue weighted by Crippen LogP contribution is -2.31. The van der Waals surface area contributed by atoms with E-state index in [-0.39, 0.29) is 28.6 Å². The van der Waals surface area contributed by atoms with Crippen LogP contribution in [0, 0.1) is 5.92 Å². The van der Waals surface area contributed by atoms with Gasteiger partial charge in [-0.05, 0) is 23.8 Å². The fourth-order valence-electron chi connectivity index (χ4n) is 2.94. The van der Waals surface area contributed by atoms with E-state index in [1.165, 1.54) is 26.2 Å². The summed E-state index contributed by atoms with van der Waals surface area (Å²) in [5.41, 5.74) is 0.725. The number of hydrogen-bond acceptors (Lipinski definition) is 6. The van der Waals surface area contributed by atoms with Crippen molar-refractivity contribution >= 4 is 31.6 Å². The third-order valence-corrected chi connectivity index (χ3v) is 7.63. The number of hydrogen-bond donors (Lipinski definition) is 1. The van der Waals surface area contributed by atoms with Crippen molar-refractivity contribution in [2.75, 3.05) is 17.2 Å². The van der Waals surface area contributed by atoms with Crippen molar-refractivity contribution in [1.29, 1.82) is 0 Å². The second-order valence-electron chi connectivity index (χ2n) is 6.43. The number of sulfonamides is 2. The zero-order valence-corrected chi connectivity index (χ0v) is 17.0. The minimum absolute atomic E-state index is 0.0322. The van der Waals surface area contributed by atoms with Gasteiger partial charge in [0.05, 0.1) is 24.5 Å². The Morgan fingerprint density at radius 3 is 2.43 bits per heavy atom. The van der Waals surface area contributed by atoms with Crippen molar-refractivity contribution in [1.82, 2.24) is 4.72 Å². The summed E-state index contributed by atoms with van der Waals surface area (Å²) in [6.07, 6.45) is 0. The molecule has 10 heteroatoms. The molecule has 3 rings (SSSR count). The number of carbonyl (C=O) groups excluding carboxylic acids is 1. The highest BCUT2D eigenvalue weighted by Gasteiger charge is 2.42. The molecule has 0 aliphatic carbocycles. The molecule has 28 heavy (non-hydrogen) atoms. The number of rotatable bonds is 6. The number of nitrogens with zero attached hydrogens (tertiary/aromatic N) is 1. The number of nitrogens with one attached hydrogen (secondary N) is 1. The fourth-order valence-corrected chi connectivity index (χ4v) is 5.96. The molecule has 1 amide bonds. The fraction of sp³-hybridized carbons (Fsp3) is 0.278. The first-order chi connectivity index (χ1) is 13.2. The number of anilines is 1. The van der Waals surface area contributed by atoms with Gasteiger partial charge in [0.1, 0.15) is 10.6 Å². The quantitative estimate of drug-likeness (QED) is 0.752. The Morgan fingerprint density at radius 2 is 1.86 bits per heavy atom. The Kier molecular flexibility index (Phi) is 5.46. The summed E-state index contributed by atoms with van der Waals surface area (Å²) in [4.78, 5) is 12.1. The average molecular weight is 425 g/mol. The second kappa shape index (κ2) is 7.53. The van der Waals surface area contributed by atoms with E-state index in [9.17, 15) is 21.6 Å². The van der Waals surface area contributed by atoms with Crippen LogP contribution in [0.2, 0.25) is 0 Å². The number of carbonyl (C=O) groups is 1. The molecule has 1 aliphatic heterocycles. The summed E-state index contributed by atoms with van der Waals surface area (Å²) in [5.74, 6) is -1.55. The molecule has 1 atom stereocenters. The van der Waals surface area contributed by atoms with Crippen LogP contribution in [0.1, 0.15) is 12.5 Å². The van der Waals surface area contributed by atoms with E-state index in [1.807, 2.05) is 6.07 Å². The normalized spacial score (nSPS) is 19.0. The van der Waals surface area contributed by atoms with Crippen LogP contribution in [-0.4, -0.2) is 35.6 Å². The first-order valence-electron chi connectivity index (χ1n) is 8.44. The molecule has 0 unspecified atom stereocenters. The summed E-state index contributed by atoms with van der Waals surface area (Å²) in [6.45, 7) is 1.57. The van der Waals surface area contributed by atoms with Gasteiger partial charge in [-0.2, -0.15) is 0 Å². The molecular weight excluding hydrogens is 404 g/mol. The first-order valence-corrected chi connectivity index (χ1v) is 11.5. The van der Waals surface area contributed by atoms with Gasteiger partial charge in [0.25, 0.3) is 0 Å². The number of amides is 1. The topological polar surface area (TPSA) is 110 Å². The van der Waals surface area contributed by atoms with E-state index in [4.69, 9.17) is 4.74 Å². The maximum absolute atomic E-state index is 12.8. The van der Waals surface area contributed by atoms with Crippen molar-refractivity contribution in [2.24, 2.45) is 5.92 Å². The lowest BCUT2D eigenvalue weighted by Gasteiger charge is -2.18. The monoisotopic (exact) mass is 424 g/mol. The average Bonchev–Trinajstić information content (AvgIpc) is 2.87. The van der Waals surface area contributed by atoms with Gasteiger partial charge in [-0.3, -0.25) is 4.79 Å². The molecule has 0 spiro atoms. The Bertz CT molecular complexity index is 1100. The molecule has 8 nitrogen and oxygen atoms in total. The molecule has 1 saturated heterocycles. The molecule has 2 aromatic rings. The summed E-state index contributed by atoms with van der Waals surface area (Å²) in [5, 5.41) is 0.